The van der Waals surface area contributed by atoms with Gasteiger partial charge in [0.05, 0.1) is 10.6 Å². The number of carbonyl (C=O) groups excluding carboxylic acids is 1. The van der Waals surface area contributed by atoms with E-state index in [-0.39, 0.29) is 45.1 Å². The number of aromatic nitrogens is 3. The molecule has 0 atom stereocenters. The molecule has 0 radical (unpaired) electrons. The molecule has 3 aromatic rings. The van der Waals surface area contributed by atoms with Gasteiger partial charge in [0.15, 0.2) is 11.6 Å². The third-order valence-corrected chi connectivity index (χ3v) is 4.82. The molecule has 3 rings (SSSR count). The summed E-state index contributed by atoms with van der Waals surface area (Å²) in [5.41, 5.74) is -1.67. The van der Waals surface area contributed by atoms with E-state index >= 15 is 4.39 Å². The number of carbonyl (C=O) groups is 1. The molecule has 0 bridgehead atoms. The number of benzene rings is 2. The van der Waals surface area contributed by atoms with Crippen molar-refractivity contribution >= 4 is 29.1 Å². The minimum absolute atomic E-state index is 0.0135. The number of hydrogen-bond acceptors (Lipinski definition) is 3. The van der Waals surface area contributed by atoms with Crippen molar-refractivity contribution in [3.63, 3.8) is 0 Å². The van der Waals surface area contributed by atoms with Crippen molar-refractivity contribution in [3.05, 3.63) is 68.1 Å². The maximum absolute atomic E-state index is 15.1. The maximum atomic E-state index is 15.1. The second-order valence-corrected chi connectivity index (χ2v) is 8.46. The zero-order valence-corrected chi connectivity index (χ0v) is 17.8. The monoisotopic (exact) mass is 454 g/mol. The lowest BCUT2D eigenvalue weighted by Crippen LogP contribution is -2.34. The maximum Gasteiger partial charge on any atom is 0.348 e. The number of halogens is 4. The first-order valence-electron chi connectivity index (χ1n) is 8.89. The number of rotatable bonds is 4. The van der Waals surface area contributed by atoms with Crippen LogP contribution in [0.2, 0.25) is 10.0 Å². The summed E-state index contributed by atoms with van der Waals surface area (Å²) in [5, 5.41) is 6.73. The second kappa shape index (κ2) is 8.20. The molecule has 0 aliphatic rings. The summed E-state index contributed by atoms with van der Waals surface area (Å²) in [6.07, 6.45) is 0. The van der Waals surface area contributed by atoms with E-state index in [1.54, 1.807) is 20.8 Å². The molecule has 1 amide bonds. The van der Waals surface area contributed by atoms with E-state index in [1.807, 2.05) is 0 Å². The largest absolute Gasteiger partial charge is 0.351 e. The molecule has 1 aromatic heterocycles. The number of nitrogens with zero attached hydrogens (tertiary/aromatic N) is 2. The smallest absolute Gasteiger partial charge is 0.348 e. The summed E-state index contributed by atoms with van der Waals surface area (Å²) in [4.78, 5) is 26.9. The fourth-order valence-corrected chi connectivity index (χ4v) is 3.02. The van der Waals surface area contributed by atoms with E-state index in [1.165, 1.54) is 24.3 Å². The number of aromatic amines is 1. The highest BCUT2D eigenvalue weighted by atomic mass is 35.5. The summed E-state index contributed by atoms with van der Waals surface area (Å²) in [7, 11) is 0. The number of nitrogens with one attached hydrogen (secondary N) is 2. The van der Waals surface area contributed by atoms with E-state index in [2.05, 4.69) is 15.4 Å². The van der Waals surface area contributed by atoms with Crippen LogP contribution in [0.3, 0.4) is 0 Å². The van der Waals surface area contributed by atoms with Crippen LogP contribution in [-0.2, 0) is 11.3 Å². The number of H-pyrrole nitrogens is 1. The van der Waals surface area contributed by atoms with Crippen molar-refractivity contribution in [1.29, 1.82) is 0 Å². The van der Waals surface area contributed by atoms with Crippen molar-refractivity contribution in [2.75, 3.05) is 0 Å². The van der Waals surface area contributed by atoms with Crippen molar-refractivity contribution in [2.45, 2.75) is 27.3 Å². The zero-order valence-electron chi connectivity index (χ0n) is 16.3. The predicted molar refractivity (Wildman–Crippen MR) is 111 cm³/mol. The molecule has 0 saturated carbocycles. The number of amides is 1. The number of hydrogen-bond donors (Lipinski definition) is 2. The van der Waals surface area contributed by atoms with E-state index in [0.29, 0.717) is 0 Å². The molecule has 30 heavy (non-hydrogen) atoms. The molecular weight excluding hydrogens is 437 g/mol. The Labute approximate surface area is 180 Å². The first kappa shape index (κ1) is 22.0. The molecule has 0 fully saturated rings. The highest BCUT2D eigenvalue weighted by Gasteiger charge is 2.23. The molecule has 2 N–H and O–H groups in total. The van der Waals surface area contributed by atoms with Crippen LogP contribution < -0.4 is 11.0 Å². The lowest BCUT2D eigenvalue weighted by molar-refractivity contribution is -0.128. The summed E-state index contributed by atoms with van der Waals surface area (Å²) in [5.74, 6) is -1.91. The Balaban J connectivity index is 2.01. The van der Waals surface area contributed by atoms with Gasteiger partial charge in [-0.05, 0) is 24.3 Å². The highest BCUT2D eigenvalue weighted by Crippen LogP contribution is 2.27. The van der Waals surface area contributed by atoms with Crippen LogP contribution in [0.15, 0.2) is 35.1 Å². The first-order valence-corrected chi connectivity index (χ1v) is 9.65. The Hall–Kier alpha value is -2.71. The van der Waals surface area contributed by atoms with E-state index in [0.717, 1.165) is 10.7 Å². The van der Waals surface area contributed by atoms with Gasteiger partial charge in [-0.2, -0.15) is 4.68 Å². The van der Waals surface area contributed by atoms with Gasteiger partial charge < -0.3 is 5.32 Å². The first-order chi connectivity index (χ1) is 14.0. The van der Waals surface area contributed by atoms with Gasteiger partial charge in [-0.15, -0.1) is 5.10 Å². The Bertz CT molecular complexity index is 1180. The van der Waals surface area contributed by atoms with Crippen LogP contribution in [0.25, 0.3) is 17.1 Å². The Morgan fingerprint density at radius 2 is 1.90 bits per heavy atom. The molecule has 0 saturated heterocycles. The van der Waals surface area contributed by atoms with E-state index in [4.69, 9.17) is 23.2 Å². The van der Waals surface area contributed by atoms with Gasteiger partial charge in [-0.3, -0.25) is 9.78 Å². The van der Waals surface area contributed by atoms with E-state index < -0.39 is 22.7 Å². The standard InChI is InChI=1S/C20H18Cl2F2N4O2/c1-20(2,3)18(29)25-9-10-4-7-13(22)16(15(10)24)28-19(30)26-17(27-28)12-6-5-11(21)8-14(12)23/h4-8H,9H2,1-3H3,(H,25,29)(H,26,27,30). The molecule has 0 aliphatic carbocycles. The minimum atomic E-state index is -0.826. The Morgan fingerprint density at radius 3 is 2.53 bits per heavy atom. The third-order valence-electron chi connectivity index (χ3n) is 4.28. The molecule has 10 heteroatoms. The summed E-state index contributed by atoms with van der Waals surface area (Å²) >= 11 is 11.9. The average Bonchev–Trinajstić information content (AvgIpc) is 3.01. The molecule has 1 heterocycles. The molecular formula is C20H18Cl2F2N4O2. The van der Waals surface area contributed by atoms with Crippen molar-refractivity contribution in [3.8, 4) is 17.1 Å². The quantitative estimate of drug-likeness (QED) is 0.609. The molecule has 158 valence electrons. The van der Waals surface area contributed by atoms with Gasteiger partial charge in [0, 0.05) is 22.5 Å². The van der Waals surface area contributed by atoms with Gasteiger partial charge in [-0.1, -0.05) is 50.0 Å². The lowest BCUT2D eigenvalue weighted by atomic mass is 9.95. The Morgan fingerprint density at radius 1 is 1.20 bits per heavy atom. The van der Waals surface area contributed by atoms with Crippen LogP contribution in [-0.4, -0.2) is 20.7 Å². The van der Waals surface area contributed by atoms with Crippen molar-refractivity contribution in [1.82, 2.24) is 20.1 Å². The van der Waals surface area contributed by atoms with Gasteiger partial charge in [0.1, 0.15) is 11.5 Å². The van der Waals surface area contributed by atoms with Gasteiger partial charge >= 0.3 is 5.69 Å². The molecule has 0 aliphatic heterocycles. The van der Waals surface area contributed by atoms with Crippen molar-refractivity contribution in [2.24, 2.45) is 5.41 Å². The zero-order chi connectivity index (χ0) is 22.2. The fourth-order valence-electron chi connectivity index (χ4n) is 2.63. The van der Waals surface area contributed by atoms with Crippen LogP contribution in [0, 0.1) is 17.0 Å². The van der Waals surface area contributed by atoms with Crippen LogP contribution in [0.5, 0.6) is 0 Å². The SMILES string of the molecule is CC(C)(C)C(=O)NCc1ccc(Cl)c(-n2nc(-c3ccc(Cl)cc3F)[nH]c2=O)c1F. The summed E-state index contributed by atoms with van der Waals surface area (Å²) in [6.45, 7) is 5.08. The topological polar surface area (TPSA) is 79.8 Å². The van der Waals surface area contributed by atoms with Crippen LogP contribution >= 0.6 is 23.2 Å². The molecule has 0 spiro atoms. The molecule has 6 nitrogen and oxygen atoms in total. The highest BCUT2D eigenvalue weighted by molar-refractivity contribution is 6.32. The normalized spacial score (nSPS) is 11.6. The van der Waals surface area contributed by atoms with Crippen LogP contribution in [0.1, 0.15) is 26.3 Å². The summed E-state index contributed by atoms with van der Waals surface area (Å²) < 4.78 is 30.0. The summed E-state index contributed by atoms with van der Waals surface area (Å²) in [6, 6.07) is 6.64. The van der Waals surface area contributed by atoms with Crippen LogP contribution in [0.4, 0.5) is 8.78 Å². The molecule has 2 aromatic carbocycles. The Kier molecular flexibility index (Phi) is 6.01. The van der Waals surface area contributed by atoms with Crippen molar-refractivity contribution < 1.29 is 13.6 Å². The molecule has 0 unspecified atom stereocenters. The fraction of sp³-hybridized carbons (Fsp3) is 0.250. The average molecular weight is 455 g/mol. The predicted octanol–water partition coefficient (Wildman–Crippen LogP) is 4.47. The third kappa shape index (κ3) is 4.39. The van der Waals surface area contributed by atoms with E-state index in [9.17, 15) is 14.0 Å². The van der Waals surface area contributed by atoms with Gasteiger partial charge in [-0.25, -0.2) is 13.6 Å². The minimum Gasteiger partial charge on any atom is -0.351 e. The lowest BCUT2D eigenvalue weighted by Gasteiger charge is -2.18. The second-order valence-electron chi connectivity index (χ2n) is 7.62. The van der Waals surface area contributed by atoms with Gasteiger partial charge in [0.25, 0.3) is 0 Å². The van der Waals surface area contributed by atoms with Gasteiger partial charge in [0.2, 0.25) is 5.91 Å².